The second kappa shape index (κ2) is 25.4. The van der Waals surface area contributed by atoms with Gasteiger partial charge in [-0.15, -0.1) is 0 Å². The molecular formula is C60H78N8O14S+2. The molecule has 5 unspecified atom stereocenters. The Morgan fingerprint density at radius 3 is 2.24 bits per heavy atom. The number of nitrogens with zero attached hydrogens (tertiary/aromatic N) is 4. The van der Waals surface area contributed by atoms with Gasteiger partial charge in [0, 0.05) is 79.6 Å². The first-order valence-electron chi connectivity index (χ1n) is 28.2. The summed E-state index contributed by atoms with van der Waals surface area (Å²) in [4.78, 5) is 41.0. The minimum Gasteiger partial charge on any atom is -0.394 e. The first-order chi connectivity index (χ1) is 39.5. The third-order valence-corrected chi connectivity index (χ3v) is 17.0. The lowest BCUT2D eigenvalue weighted by Gasteiger charge is -2.47. The number of hydrogen-bond donors (Lipinski definition) is 9. The minimum absolute atomic E-state index is 0.109. The number of H-pyrrole nitrogens is 1. The number of aromatic amines is 1. The molecule has 83 heavy (non-hydrogen) atoms. The van der Waals surface area contributed by atoms with Gasteiger partial charge < -0.3 is 60.2 Å². The summed E-state index contributed by atoms with van der Waals surface area (Å²) in [5.74, 6) is -1.80. The number of aryl methyl sites for hydroxylation is 1. The van der Waals surface area contributed by atoms with Crippen LogP contribution in [0.3, 0.4) is 0 Å². The van der Waals surface area contributed by atoms with Crippen LogP contribution in [0.25, 0.3) is 21.5 Å². The Hall–Kier alpha value is -6.51. The SMILES string of the molecule is CO[C@@H]1C(C(=O)NCCC[n+]2cc(CNC(=O)CCCCCN3C(=CC=CC4=[N+](CS(=O)(=O)O)c5ccc6ccccc6c5C4(C)C)C(C)(C)c4c3ccc3ccccc43)n[nH]2)O[C@@H](O[C@H]2C(O)C(CO)O[C@@H](C)C2NC(C)=O)C(O)[C@H]1O. The Morgan fingerprint density at radius 1 is 0.855 bits per heavy atom. The molecule has 4 aromatic carbocycles. The summed E-state index contributed by atoms with van der Waals surface area (Å²) in [7, 11) is -3.14. The van der Waals surface area contributed by atoms with Gasteiger partial charge in [0.25, 0.3) is 11.8 Å². The van der Waals surface area contributed by atoms with E-state index in [1.807, 2.05) is 48.6 Å². The highest BCUT2D eigenvalue weighted by atomic mass is 32.2. The number of aliphatic hydroxyl groups excluding tert-OH is 4. The summed E-state index contributed by atoms with van der Waals surface area (Å²) in [6.07, 6.45) is -1.44. The lowest BCUT2D eigenvalue weighted by atomic mass is 9.79. The molecule has 0 radical (unpaired) electrons. The maximum Gasteiger partial charge on any atom is 0.326 e. The smallest absolute Gasteiger partial charge is 0.326 e. The predicted octanol–water partition coefficient (Wildman–Crippen LogP) is 3.34. The number of allylic oxidation sites excluding steroid dienone is 4. The number of benzene rings is 4. The summed E-state index contributed by atoms with van der Waals surface area (Å²) in [5, 5.41) is 62.8. The molecule has 5 heterocycles. The summed E-state index contributed by atoms with van der Waals surface area (Å²) >= 11 is 0. The average Bonchev–Trinajstić information content (AvgIpc) is 4.10. The summed E-state index contributed by atoms with van der Waals surface area (Å²) in [6, 6.07) is 23.7. The molecule has 5 aromatic rings. The van der Waals surface area contributed by atoms with E-state index >= 15 is 0 Å². The van der Waals surface area contributed by atoms with Crippen molar-refractivity contribution in [2.45, 2.75) is 159 Å². The average molecular weight is 1170 g/mol. The van der Waals surface area contributed by atoms with E-state index in [0.717, 1.165) is 57.3 Å². The number of carbonyl (C=O) groups is 3. The van der Waals surface area contributed by atoms with Crippen molar-refractivity contribution >= 4 is 66.5 Å². The van der Waals surface area contributed by atoms with Crippen molar-refractivity contribution in [3.05, 3.63) is 120 Å². The van der Waals surface area contributed by atoms with Gasteiger partial charge in [-0.3, -0.25) is 18.9 Å². The van der Waals surface area contributed by atoms with Crippen LogP contribution in [0.2, 0.25) is 0 Å². The molecule has 0 bridgehead atoms. The number of aliphatic hydroxyl groups is 4. The standard InChI is InChI=1S/C60H76N8O14S/c1-35-50(63-36(2)70)54(51(72)44(33-69)80-35)81-58-53(74)52(73)55(79-7)56(82-58)57(75)61-28-16-29-66-32-39(64-65-66)31-62-47(71)23-9-8-14-30-67-42-26-24-37-17-10-12-19-40(37)48(42)59(3,4)45(67)21-15-22-46-60(5,6)49-41-20-13-11-18-38(41)25-27-43(49)68(46)34-83(76,77)78/h10-13,15,17-22,24-27,32,35,44,50-56,58,69,72-74H,8-9,14,16,23,28-31,33-34H2,1-7H3,(H3-,61,62,63,70,71,75,76,77,78)/p+2/t35-,44?,50?,51?,52+,53?,54+,55-,56?,58+/m0/s1. The zero-order chi connectivity index (χ0) is 59.5. The van der Waals surface area contributed by atoms with Crippen LogP contribution in [-0.2, 0) is 67.4 Å². The van der Waals surface area contributed by atoms with Crippen LogP contribution in [0.5, 0.6) is 0 Å². The van der Waals surface area contributed by atoms with Crippen LogP contribution in [0.4, 0.5) is 11.4 Å². The largest absolute Gasteiger partial charge is 0.394 e. The molecule has 2 saturated heterocycles. The zero-order valence-electron chi connectivity index (χ0n) is 47.9. The van der Waals surface area contributed by atoms with Gasteiger partial charge in [0.15, 0.2) is 24.3 Å². The first kappa shape index (κ1) is 61.1. The quantitative estimate of drug-likeness (QED) is 0.0273. The topological polar surface area (TPSA) is 298 Å². The highest BCUT2D eigenvalue weighted by molar-refractivity contribution is 7.85. The third-order valence-electron chi connectivity index (χ3n) is 16.4. The molecule has 0 aliphatic carbocycles. The Balaban J connectivity index is 0.771. The molecule has 9 N–H and O–H groups in total. The van der Waals surface area contributed by atoms with E-state index in [1.54, 1.807) is 22.4 Å². The van der Waals surface area contributed by atoms with Crippen molar-refractivity contribution in [1.82, 2.24) is 26.3 Å². The molecule has 3 amide bonds. The zero-order valence-corrected chi connectivity index (χ0v) is 48.7. The Kier molecular flexibility index (Phi) is 18.7. The van der Waals surface area contributed by atoms with Crippen molar-refractivity contribution in [2.75, 3.05) is 37.6 Å². The van der Waals surface area contributed by atoms with E-state index in [2.05, 4.69) is 101 Å². The van der Waals surface area contributed by atoms with Gasteiger partial charge in [-0.05, 0) is 78.9 Å². The third kappa shape index (κ3) is 12.9. The molecule has 2 fully saturated rings. The number of carbonyl (C=O) groups excluding carboxylic acids is 3. The second-order valence-electron chi connectivity index (χ2n) is 22.9. The van der Waals surface area contributed by atoms with E-state index in [9.17, 15) is 47.8 Å². The van der Waals surface area contributed by atoms with Gasteiger partial charge in [0.2, 0.25) is 23.2 Å². The molecule has 23 heteroatoms. The van der Waals surface area contributed by atoms with Crippen molar-refractivity contribution < 1.29 is 76.0 Å². The highest BCUT2D eigenvalue weighted by Crippen LogP contribution is 2.51. The van der Waals surface area contributed by atoms with Crippen LogP contribution in [0, 0.1) is 0 Å². The van der Waals surface area contributed by atoms with Crippen LogP contribution in [0.1, 0.15) is 90.5 Å². The van der Waals surface area contributed by atoms with Gasteiger partial charge in [-0.1, -0.05) is 86.2 Å². The molecule has 10 atom stereocenters. The fourth-order valence-electron chi connectivity index (χ4n) is 12.4. The molecule has 446 valence electrons. The minimum atomic E-state index is -4.39. The first-order valence-corrected chi connectivity index (χ1v) is 29.8. The molecule has 4 aliphatic heterocycles. The van der Waals surface area contributed by atoms with Gasteiger partial charge >= 0.3 is 10.1 Å². The number of nitrogens with one attached hydrogen (secondary N) is 4. The van der Waals surface area contributed by atoms with Crippen molar-refractivity contribution in [1.29, 1.82) is 0 Å². The molecular weight excluding hydrogens is 1090 g/mol. The fraction of sp³-hybridized carbons (Fsp3) is 0.500. The molecule has 1 aromatic heterocycles. The number of aromatic nitrogens is 3. The van der Waals surface area contributed by atoms with Gasteiger partial charge in [0.05, 0.1) is 30.7 Å². The molecule has 0 spiro atoms. The number of unbranched alkanes of at least 4 members (excludes halogenated alkanes) is 2. The number of hydrogen-bond acceptors (Lipinski definition) is 15. The summed E-state index contributed by atoms with van der Waals surface area (Å²) < 4.78 is 61.5. The Bertz CT molecular complexity index is 3420. The predicted molar refractivity (Wildman–Crippen MR) is 308 cm³/mol. The summed E-state index contributed by atoms with van der Waals surface area (Å²) in [6.45, 7) is 12.4. The van der Waals surface area contributed by atoms with Crippen molar-refractivity contribution in [3.63, 3.8) is 0 Å². The van der Waals surface area contributed by atoms with E-state index in [0.29, 0.717) is 38.0 Å². The number of ether oxygens (including phenoxy) is 4. The fourth-order valence-corrected chi connectivity index (χ4v) is 13.0. The van der Waals surface area contributed by atoms with E-state index < -0.39 is 106 Å². The van der Waals surface area contributed by atoms with E-state index in [1.165, 1.54) is 25.0 Å². The Labute approximate surface area is 482 Å². The number of rotatable bonds is 22. The van der Waals surface area contributed by atoms with Gasteiger partial charge in [-0.25, -0.2) is 0 Å². The Morgan fingerprint density at radius 2 is 1.55 bits per heavy atom. The maximum atomic E-state index is 13.5. The highest BCUT2D eigenvalue weighted by Gasteiger charge is 2.53. The molecule has 4 aliphatic rings. The van der Waals surface area contributed by atoms with E-state index in [4.69, 9.17) is 18.9 Å². The van der Waals surface area contributed by atoms with Crippen LogP contribution >= 0.6 is 0 Å². The lowest BCUT2D eigenvalue weighted by Crippen LogP contribution is -2.68. The number of amides is 3. The maximum absolute atomic E-state index is 13.5. The second-order valence-corrected chi connectivity index (χ2v) is 24.4. The molecule has 0 saturated carbocycles. The molecule has 9 rings (SSSR count). The number of fused-ring (bicyclic) bond motifs is 6. The van der Waals surface area contributed by atoms with Gasteiger partial charge in [0.1, 0.15) is 43.2 Å². The van der Waals surface area contributed by atoms with Crippen LogP contribution in [-0.4, -0.2) is 166 Å². The van der Waals surface area contributed by atoms with Crippen LogP contribution in [0.15, 0.2) is 103 Å². The van der Waals surface area contributed by atoms with Crippen LogP contribution < -0.4 is 25.5 Å². The van der Waals surface area contributed by atoms with Crippen molar-refractivity contribution in [3.8, 4) is 0 Å². The lowest BCUT2D eigenvalue weighted by molar-refractivity contribution is -0.753. The number of anilines is 1. The van der Waals surface area contributed by atoms with Gasteiger partial charge in [-0.2, -0.15) is 17.7 Å². The summed E-state index contributed by atoms with van der Waals surface area (Å²) in [5.41, 5.74) is 5.51. The number of methoxy groups -OCH3 is 1. The molecule has 22 nitrogen and oxygen atoms in total. The van der Waals surface area contributed by atoms with Crippen molar-refractivity contribution in [2.24, 2.45) is 0 Å². The van der Waals surface area contributed by atoms with E-state index in [-0.39, 0.29) is 19.0 Å². The monoisotopic (exact) mass is 1170 g/mol. The normalized spacial score (nSPS) is 26.2.